The molecule has 0 unspecified atom stereocenters. The van der Waals surface area contributed by atoms with Crippen molar-refractivity contribution in [2.24, 2.45) is 0 Å². The Morgan fingerprint density at radius 1 is 1.20 bits per heavy atom. The van der Waals surface area contributed by atoms with E-state index in [9.17, 15) is 4.79 Å². The number of hydrogen-bond donors (Lipinski definition) is 1. The van der Waals surface area contributed by atoms with Crippen molar-refractivity contribution in [3.8, 4) is 5.75 Å². The molecular formula is C16H18N2O2. The van der Waals surface area contributed by atoms with Crippen LogP contribution in [-0.4, -0.2) is 19.6 Å². The molecule has 4 nitrogen and oxygen atoms in total. The minimum absolute atomic E-state index is 0.106. The highest BCUT2D eigenvalue weighted by Gasteiger charge is 2.14. The van der Waals surface area contributed by atoms with Crippen LogP contribution >= 0.6 is 0 Å². The zero-order valence-electron chi connectivity index (χ0n) is 11.7. The second kappa shape index (κ2) is 6.10. The topological polar surface area (TPSA) is 55.6 Å². The summed E-state index contributed by atoms with van der Waals surface area (Å²) in [6.45, 7) is 2.43. The maximum absolute atomic E-state index is 12.4. The monoisotopic (exact) mass is 270 g/mol. The molecular weight excluding hydrogens is 252 g/mol. The maximum atomic E-state index is 12.4. The maximum Gasteiger partial charge on any atom is 0.258 e. The number of nitrogen functional groups attached to an aromatic ring is 1. The van der Waals surface area contributed by atoms with E-state index in [0.29, 0.717) is 23.6 Å². The van der Waals surface area contributed by atoms with Gasteiger partial charge in [-0.3, -0.25) is 4.79 Å². The Bertz CT molecular complexity index is 597. The Kier molecular flexibility index (Phi) is 4.25. The van der Waals surface area contributed by atoms with Gasteiger partial charge in [-0.05, 0) is 37.3 Å². The van der Waals surface area contributed by atoms with E-state index >= 15 is 0 Å². The van der Waals surface area contributed by atoms with Crippen LogP contribution in [0.25, 0.3) is 0 Å². The van der Waals surface area contributed by atoms with Gasteiger partial charge >= 0.3 is 0 Å². The lowest BCUT2D eigenvalue weighted by Crippen LogP contribution is -2.26. The van der Waals surface area contributed by atoms with Gasteiger partial charge in [0.05, 0.1) is 12.3 Å². The normalized spacial score (nSPS) is 10.1. The zero-order chi connectivity index (χ0) is 14.5. The molecule has 0 aliphatic carbocycles. The molecule has 1 amide bonds. The van der Waals surface area contributed by atoms with E-state index in [4.69, 9.17) is 10.5 Å². The van der Waals surface area contributed by atoms with Gasteiger partial charge in [0.25, 0.3) is 5.91 Å². The lowest BCUT2D eigenvalue weighted by molar-refractivity contribution is 0.0993. The highest BCUT2D eigenvalue weighted by Crippen LogP contribution is 2.24. The minimum atomic E-state index is -0.106. The smallest absolute Gasteiger partial charge is 0.258 e. The van der Waals surface area contributed by atoms with Gasteiger partial charge in [-0.15, -0.1) is 0 Å². The molecule has 0 radical (unpaired) electrons. The molecule has 2 aromatic carbocycles. The first-order valence-electron chi connectivity index (χ1n) is 6.49. The average molecular weight is 270 g/mol. The highest BCUT2D eigenvalue weighted by molar-refractivity contribution is 6.06. The van der Waals surface area contributed by atoms with Crippen LogP contribution in [0.4, 0.5) is 11.4 Å². The first-order valence-corrected chi connectivity index (χ1v) is 6.49. The van der Waals surface area contributed by atoms with Crippen LogP contribution in [0, 0.1) is 0 Å². The molecule has 0 saturated carbocycles. The van der Waals surface area contributed by atoms with Crippen LogP contribution in [0.1, 0.15) is 17.3 Å². The summed E-state index contributed by atoms with van der Waals surface area (Å²) in [5.41, 5.74) is 7.74. The molecule has 0 aliphatic heterocycles. The van der Waals surface area contributed by atoms with Crippen LogP contribution in [0.3, 0.4) is 0 Å². The molecule has 0 atom stereocenters. The SMILES string of the molecule is CCOc1ccc(C(=O)N(C)c2ccccc2)cc1N. The summed E-state index contributed by atoms with van der Waals surface area (Å²) < 4.78 is 5.37. The molecule has 2 rings (SSSR count). The molecule has 0 spiro atoms. The summed E-state index contributed by atoms with van der Waals surface area (Å²) in [7, 11) is 1.74. The van der Waals surface area contributed by atoms with Gasteiger partial charge in [0.15, 0.2) is 0 Å². The number of nitrogens with zero attached hydrogens (tertiary/aromatic N) is 1. The van der Waals surface area contributed by atoms with Gasteiger partial charge in [-0.2, -0.15) is 0 Å². The number of carbonyl (C=O) groups is 1. The van der Waals surface area contributed by atoms with Gasteiger partial charge in [-0.25, -0.2) is 0 Å². The Balaban J connectivity index is 2.23. The number of rotatable bonds is 4. The lowest BCUT2D eigenvalue weighted by atomic mass is 10.1. The standard InChI is InChI=1S/C16H18N2O2/c1-3-20-15-10-9-12(11-14(15)17)16(19)18(2)13-7-5-4-6-8-13/h4-11H,3,17H2,1-2H3. The summed E-state index contributed by atoms with van der Waals surface area (Å²) >= 11 is 0. The van der Waals surface area contributed by atoms with Crippen LogP contribution < -0.4 is 15.4 Å². The van der Waals surface area contributed by atoms with E-state index in [1.165, 1.54) is 0 Å². The molecule has 0 saturated heterocycles. The Labute approximate surface area is 118 Å². The van der Waals surface area contributed by atoms with E-state index < -0.39 is 0 Å². The minimum Gasteiger partial charge on any atom is -0.492 e. The van der Waals surface area contributed by atoms with E-state index in [1.54, 1.807) is 30.1 Å². The molecule has 0 heterocycles. The molecule has 0 fully saturated rings. The highest BCUT2D eigenvalue weighted by atomic mass is 16.5. The van der Waals surface area contributed by atoms with Crippen molar-refractivity contribution in [1.82, 2.24) is 0 Å². The molecule has 0 aliphatic rings. The average Bonchev–Trinajstić information content (AvgIpc) is 2.49. The van der Waals surface area contributed by atoms with Crippen molar-refractivity contribution in [1.29, 1.82) is 0 Å². The summed E-state index contributed by atoms with van der Waals surface area (Å²) in [5.74, 6) is 0.498. The summed E-state index contributed by atoms with van der Waals surface area (Å²) in [6, 6.07) is 14.6. The first-order chi connectivity index (χ1) is 9.63. The predicted octanol–water partition coefficient (Wildman–Crippen LogP) is 2.94. The van der Waals surface area contributed by atoms with Crippen molar-refractivity contribution in [2.75, 3.05) is 24.3 Å². The molecule has 2 aromatic rings. The molecule has 20 heavy (non-hydrogen) atoms. The second-order valence-corrected chi connectivity index (χ2v) is 4.39. The molecule has 104 valence electrons. The summed E-state index contributed by atoms with van der Waals surface area (Å²) in [4.78, 5) is 14.0. The second-order valence-electron chi connectivity index (χ2n) is 4.39. The number of anilines is 2. The fourth-order valence-corrected chi connectivity index (χ4v) is 1.93. The van der Waals surface area contributed by atoms with Crippen molar-refractivity contribution in [3.05, 3.63) is 54.1 Å². The van der Waals surface area contributed by atoms with Crippen molar-refractivity contribution < 1.29 is 9.53 Å². The van der Waals surface area contributed by atoms with E-state index in [1.807, 2.05) is 37.3 Å². The van der Waals surface area contributed by atoms with Crippen molar-refractivity contribution in [3.63, 3.8) is 0 Å². The third-order valence-corrected chi connectivity index (χ3v) is 3.00. The Hall–Kier alpha value is -2.49. The zero-order valence-corrected chi connectivity index (χ0v) is 11.7. The fraction of sp³-hybridized carbons (Fsp3) is 0.188. The number of benzene rings is 2. The van der Waals surface area contributed by atoms with E-state index in [-0.39, 0.29) is 5.91 Å². The van der Waals surface area contributed by atoms with Crippen LogP contribution in [-0.2, 0) is 0 Å². The number of amides is 1. The fourth-order valence-electron chi connectivity index (χ4n) is 1.93. The van der Waals surface area contributed by atoms with E-state index in [2.05, 4.69) is 0 Å². The lowest BCUT2D eigenvalue weighted by Gasteiger charge is -2.18. The third-order valence-electron chi connectivity index (χ3n) is 3.00. The van der Waals surface area contributed by atoms with Crippen molar-refractivity contribution in [2.45, 2.75) is 6.92 Å². The molecule has 4 heteroatoms. The molecule has 0 bridgehead atoms. The molecule has 0 aromatic heterocycles. The number of ether oxygens (including phenoxy) is 1. The van der Waals surface area contributed by atoms with E-state index in [0.717, 1.165) is 5.69 Å². The largest absolute Gasteiger partial charge is 0.492 e. The van der Waals surface area contributed by atoms with Crippen LogP contribution in [0.5, 0.6) is 5.75 Å². The molecule has 2 N–H and O–H groups in total. The Morgan fingerprint density at radius 2 is 1.90 bits per heavy atom. The van der Waals surface area contributed by atoms with Crippen molar-refractivity contribution >= 4 is 17.3 Å². The predicted molar refractivity (Wildman–Crippen MR) is 81.2 cm³/mol. The summed E-state index contributed by atoms with van der Waals surface area (Å²) in [6.07, 6.45) is 0. The van der Waals surface area contributed by atoms with Crippen LogP contribution in [0.15, 0.2) is 48.5 Å². The quantitative estimate of drug-likeness (QED) is 0.869. The number of para-hydroxylation sites is 1. The van der Waals surface area contributed by atoms with Gasteiger partial charge in [0, 0.05) is 18.3 Å². The number of nitrogens with two attached hydrogens (primary N) is 1. The van der Waals surface area contributed by atoms with Crippen LogP contribution in [0.2, 0.25) is 0 Å². The Morgan fingerprint density at radius 3 is 2.50 bits per heavy atom. The van der Waals surface area contributed by atoms with Gasteiger partial charge < -0.3 is 15.4 Å². The van der Waals surface area contributed by atoms with Gasteiger partial charge in [-0.1, -0.05) is 18.2 Å². The van der Waals surface area contributed by atoms with Gasteiger partial charge in [0.1, 0.15) is 5.75 Å². The number of carbonyl (C=O) groups excluding carboxylic acids is 1. The van der Waals surface area contributed by atoms with Gasteiger partial charge in [0.2, 0.25) is 0 Å². The number of hydrogen-bond acceptors (Lipinski definition) is 3. The third kappa shape index (κ3) is 2.91. The first kappa shape index (κ1) is 13.9. The summed E-state index contributed by atoms with van der Waals surface area (Å²) in [5, 5.41) is 0.